The van der Waals surface area contributed by atoms with E-state index in [2.05, 4.69) is 25.1 Å². The van der Waals surface area contributed by atoms with Gasteiger partial charge in [-0.2, -0.15) is 5.10 Å². The van der Waals surface area contributed by atoms with E-state index in [1.807, 2.05) is 38.2 Å². The molecule has 0 aliphatic heterocycles. The van der Waals surface area contributed by atoms with Gasteiger partial charge in [-0.25, -0.2) is 9.37 Å². The number of aryl methyl sites for hydroxylation is 1. The lowest BCUT2D eigenvalue weighted by Crippen LogP contribution is -2.27. The first-order valence-electron chi connectivity index (χ1n) is 10.0. The maximum atomic E-state index is 13.1. The largest absolute Gasteiger partial charge is 0.309 e. The molecule has 0 saturated carbocycles. The van der Waals surface area contributed by atoms with Gasteiger partial charge in [0.15, 0.2) is 0 Å². The third kappa shape index (κ3) is 4.31. The van der Waals surface area contributed by atoms with E-state index in [4.69, 9.17) is 0 Å². The number of fused-ring (bicyclic) bond motifs is 1. The zero-order valence-corrected chi connectivity index (χ0v) is 17.0. The summed E-state index contributed by atoms with van der Waals surface area (Å²) in [5, 5.41) is 7.99. The molecule has 30 heavy (non-hydrogen) atoms. The van der Waals surface area contributed by atoms with Crippen molar-refractivity contribution in [1.29, 1.82) is 0 Å². The Labute approximate surface area is 173 Å². The van der Waals surface area contributed by atoms with E-state index in [1.54, 1.807) is 18.2 Å². The number of hydrogen-bond donors (Lipinski definition) is 2. The summed E-state index contributed by atoms with van der Waals surface area (Å²) in [6, 6.07) is 15.7. The molecule has 0 fully saturated rings. The molecule has 0 bridgehead atoms. The van der Waals surface area contributed by atoms with Crippen molar-refractivity contribution < 1.29 is 4.39 Å². The molecule has 154 valence electrons. The van der Waals surface area contributed by atoms with Gasteiger partial charge in [-0.1, -0.05) is 12.1 Å². The van der Waals surface area contributed by atoms with Gasteiger partial charge in [-0.05, 0) is 75.8 Å². The fourth-order valence-corrected chi connectivity index (χ4v) is 3.48. The summed E-state index contributed by atoms with van der Waals surface area (Å²) in [7, 11) is 2.02. The Kier molecular flexibility index (Phi) is 5.72. The Hall–Kier alpha value is -3.32. The molecule has 2 aromatic heterocycles. The Morgan fingerprint density at radius 1 is 1.13 bits per heavy atom. The van der Waals surface area contributed by atoms with Gasteiger partial charge >= 0.3 is 0 Å². The molecule has 2 aromatic carbocycles. The molecule has 0 amide bonds. The zero-order valence-electron chi connectivity index (χ0n) is 17.0. The van der Waals surface area contributed by atoms with E-state index in [0.29, 0.717) is 16.7 Å². The lowest BCUT2D eigenvalue weighted by molar-refractivity contribution is 0.249. The van der Waals surface area contributed by atoms with Crippen LogP contribution in [0.5, 0.6) is 0 Å². The smallest absolute Gasteiger partial charge is 0.258 e. The quantitative estimate of drug-likeness (QED) is 0.486. The lowest BCUT2D eigenvalue weighted by atomic mass is 10.1. The highest BCUT2D eigenvalue weighted by molar-refractivity contribution is 5.77. The molecule has 7 heteroatoms. The molecule has 0 spiro atoms. The summed E-state index contributed by atoms with van der Waals surface area (Å²) in [5.41, 5.74) is 3.33. The van der Waals surface area contributed by atoms with Crippen molar-refractivity contribution >= 4 is 10.9 Å². The molecular weight excluding hydrogens is 381 g/mol. The summed E-state index contributed by atoms with van der Waals surface area (Å²) in [6.07, 6.45) is 1.76. The molecule has 1 atom stereocenters. The van der Waals surface area contributed by atoms with Crippen LogP contribution in [-0.4, -0.2) is 38.7 Å². The van der Waals surface area contributed by atoms with E-state index < -0.39 is 0 Å². The van der Waals surface area contributed by atoms with Crippen LogP contribution in [0.4, 0.5) is 4.39 Å². The van der Waals surface area contributed by atoms with E-state index in [9.17, 15) is 9.18 Å². The zero-order chi connectivity index (χ0) is 21.1. The predicted octanol–water partition coefficient (Wildman–Crippen LogP) is 4.08. The molecule has 2 N–H and O–H groups in total. The van der Waals surface area contributed by atoms with Gasteiger partial charge < -0.3 is 4.98 Å². The van der Waals surface area contributed by atoms with E-state index >= 15 is 0 Å². The summed E-state index contributed by atoms with van der Waals surface area (Å²) < 4.78 is 13.1. The summed E-state index contributed by atoms with van der Waals surface area (Å²) >= 11 is 0. The van der Waals surface area contributed by atoms with E-state index in [1.165, 1.54) is 12.1 Å². The number of benzene rings is 2. The molecule has 6 nitrogen and oxygen atoms in total. The molecule has 2 heterocycles. The minimum Gasteiger partial charge on any atom is -0.309 e. The van der Waals surface area contributed by atoms with E-state index in [0.717, 1.165) is 36.3 Å². The highest BCUT2D eigenvalue weighted by Gasteiger charge is 2.15. The number of aromatic amines is 2. The summed E-state index contributed by atoms with van der Waals surface area (Å²) in [5.74, 6) is 0.412. The van der Waals surface area contributed by atoms with Gasteiger partial charge in [0.05, 0.1) is 22.6 Å². The normalized spacial score (nSPS) is 12.5. The van der Waals surface area contributed by atoms with Gasteiger partial charge in [0.2, 0.25) is 0 Å². The molecule has 4 rings (SSSR count). The molecular formula is C23H24FN5O. The third-order valence-corrected chi connectivity index (χ3v) is 5.42. The topological polar surface area (TPSA) is 77.7 Å². The highest BCUT2D eigenvalue weighted by Crippen LogP contribution is 2.20. The maximum absolute atomic E-state index is 13.1. The number of halogens is 1. The molecule has 1 unspecified atom stereocenters. The molecule has 0 radical (unpaired) electrons. The second-order valence-electron chi connectivity index (χ2n) is 7.51. The minimum atomic E-state index is -0.256. The number of H-pyrrole nitrogens is 2. The molecule has 4 aromatic rings. The number of nitrogens with one attached hydrogen (secondary N) is 2. The summed E-state index contributed by atoms with van der Waals surface area (Å²) in [4.78, 5) is 22.0. The van der Waals surface area contributed by atoms with Crippen LogP contribution < -0.4 is 5.56 Å². The summed E-state index contributed by atoms with van der Waals surface area (Å²) in [6.45, 7) is 2.87. The number of para-hydroxylation sites is 1. The van der Waals surface area contributed by atoms with Crippen LogP contribution in [0.1, 0.15) is 30.9 Å². The lowest BCUT2D eigenvalue weighted by Gasteiger charge is -2.23. The fraction of sp³-hybridized carbons (Fsp3) is 0.261. The maximum Gasteiger partial charge on any atom is 0.258 e. The first-order valence-corrected chi connectivity index (χ1v) is 10.0. The van der Waals surface area contributed by atoms with Crippen LogP contribution in [0.2, 0.25) is 0 Å². The molecule has 0 aliphatic rings. The fourth-order valence-electron chi connectivity index (χ4n) is 3.48. The van der Waals surface area contributed by atoms with Crippen molar-refractivity contribution in [2.75, 3.05) is 13.6 Å². The van der Waals surface area contributed by atoms with Crippen molar-refractivity contribution in [2.24, 2.45) is 0 Å². The minimum absolute atomic E-state index is 0.0150. The van der Waals surface area contributed by atoms with Crippen LogP contribution in [0.25, 0.3) is 22.2 Å². The van der Waals surface area contributed by atoms with Crippen LogP contribution in [-0.2, 0) is 6.42 Å². The van der Waals surface area contributed by atoms with Crippen LogP contribution in [0, 0.1) is 5.82 Å². The number of rotatable bonds is 7. The number of aromatic nitrogens is 4. The van der Waals surface area contributed by atoms with Gasteiger partial charge in [0, 0.05) is 11.3 Å². The van der Waals surface area contributed by atoms with Gasteiger partial charge in [0.1, 0.15) is 11.6 Å². The Morgan fingerprint density at radius 3 is 2.70 bits per heavy atom. The number of nitrogens with zero attached hydrogens (tertiary/aromatic N) is 3. The third-order valence-electron chi connectivity index (χ3n) is 5.42. The van der Waals surface area contributed by atoms with Crippen molar-refractivity contribution in [1.82, 2.24) is 25.1 Å². The second-order valence-corrected chi connectivity index (χ2v) is 7.51. The average Bonchev–Trinajstić information content (AvgIpc) is 3.22. The first kappa shape index (κ1) is 20.0. The SMILES string of the molecule is CC(c1nc2ccccc2c(=O)[nH]1)N(C)CCCc1cc(-c2ccc(F)cc2)n[nH]1. The van der Waals surface area contributed by atoms with Crippen LogP contribution >= 0.6 is 0 Å². The average molecular weight is 405 g/mol. The van der Waals surface area contributed by atoms with Gasteiger partial charge in [-0.15, -0.1) is 0 Å². The molecule has 0 aliphatic carbocycles. The van der Waals surface area contributed by atoms with Crippen molar-refractivity contribution in [3.63, 3.8) is 0 Å². The predicted molar refractivity (Wildman–Crippen MR) is 116 cm³/mol. The Balaban J connectivity index is 1.36. The van der Waals surface area contributed by atoms with E-state index in [-0.39, 0.29) is 17.4 Å². The van der Waals surface area contributed by atoms with Crippen molar-refractivity contribution in [2.45, 2.75) is 25.8 Å². The first-order chi connectivity index (χ1) is 14.5. The highest BCUT2D eigenvalue weighted by atomic mass is 19.1. The standard InChI is InChI=1S/C23H24FN5O/c1-15(22-25-20-8-4-3-7-19(20)23(30)26-22)29(2)13-5-6-18-14-21(28-27-18)16-9-11-17(24)12-10-16/h3-4,7-12,14-15H,5-6,13H2,1-2H3,(H,27,28)(H,25,26,30). The molecule has 0 saturated heterocycles. The van der Waals surface area contributed by atoms with Gasteiger partial charge in [0.25, 0.3) is 5.56 Å². The van der Waals surface area contributed by atoms with Crippen molar-refractivity contribution in [3.05, 3.63) is 82.3 Å². The monoisotopic (exact) mass is 405 g/mol. The van der Waals surface area contributed by atoms with Crippen LogP contribution in [0.15, 0.2) is 59.4 Å². The second kappa shape index (κ2) is 8.59. The Bertz CT molecular complexity index is 1200. The van der Waals surface area contributed by atoms with Crippen molar-refractivity contribution in [3.8, 4) is 11.3 Å². The Morgan fingerprint density at radius 2 is 1.90 bits per heavy atom. The number of hydrogen-bond acceptors (Lipinski definition) is 4. The van der Waals surface area contributed by atoms with Crippen LogP contribution in [0.3, 0.4) is 0 Å². The van der Waals surface area contributed by atoms with Gasteiger partial charge in [-0.3, -0.25) is 14.8 Å².